The van der Waals surface area contributed by atoms with Crippen molar-refractivity contribution in [2.75, 3.05) is 19.4 Å². The predicted molar refractivity (Wildman–Crippen MR) is 72.7 cm³/mol. The van der Waals surface area contributed by atoms with Crippen LogP contribution in [0.25, 0.3) is 0 Å². The molecule has 0 saturated heterocycles. The minimum Gasteiger partial charge on any atom is -0.468 e. The van der Waals surface area contributed by atoms with E-state index in [0.29, 0.717) is 11.6 Å². The fraction of sp³-hybridized carbons (Fsp3) is 0.308. The number of nitrogens with one attached hydrogen (secondary N) is 1. The molecule has 2 aromatic rings. The van der Waals surface area contributed by atoms with E-state index < -0.39 is 0 Å². The molecule has 18 heavy (non-hydrogen) atoms. The van der Waals surface area contributed by atoms with Crippen molar-refractivity contribution in [2.24, 2.45) is 0 Å². The molecule has 4 nitrogen and oxygen atoms in total. The topological polar surface area (TPSA) is 41.3 Å². The molecule has 0 aliphatic rings. The fourth-order valence-corrected chi connectivity index (χ4v) is 1.88. The molecule has 2 heterocycles. The quantitative estimate of drug-likeness (QED) is 0.902. The van der Waals surface area contributed by atoms with E-state index in [0.717, 1.165) is 23.8 Å². The molecule has 0 fully saturated rings. The summed E-state index contributed by atoms with van der Waals surface area (Å²) in [5.41, 5.74) is 0.859. The second kappa shape index (κ2) is 5.89. The molecule has 96 valence electrons. The summed E-state index contributed by atoms with van der Waals surface area (Å²) in [5, 5.41) is 3.69. The van der Waals surface area contributed by atoms with Crippen LogP contribution in [0.15, 0.2) is 34.9 Å². The molecule has 0 aromatic carbocycles. The van der Waals surface area contributed by atoms with E-state index in [1.165, 1.54) is 0 Å². The van der Waals surface area contributed by atoms with Gasteiger partial charge in [-0.2, -0.15) is 0 Å². The first-order valence-corrected chi connectivity index (χ1v) is 6.11. The summed E-state index contributed by atoms with van der Waals surface area (Å²) in [7, 11) is 3.85. The normalized spacial score (nSPS) is 10.9. The monoisotopic (exact) mass is 265 g/mol. The molecule has 0 aliphatic carbocycles. The molecular weight excluding hydrogens is 250 g/mol. The lowest BCUT2D eigenvalue weighted by molar-refractivity contribution is 0.285. The Balaban J connectivity index is 2.04. The Labute approximate surface area is 112 Å². The van der Waals surface area contributed by atoms with Crippen LogP contribution in [-0.2, 0) is 13.1 Å². The molecule has 1 N–H and O–H groups in total. The average molecular weight is 266 g/mol. The van der Waals surface area contributed by atoms with Gasteiger partial charge in [0.05, 0.1) is 23.5 Å². The van der Waals surface area contributed by atoms with Gasteiger partial charge in [0, 0.05) is 13.6 Å². The number of halogens is 1. The number of anilines is 1. The highest BCUT2D eigenvalue weighted by Gasteiger charge is 2.08. The minimum atomic E-state index is 0.676. The van der Waals surface area contributed by atoms with E-state index >= 15 is 0 Å². The summed E-state index contributed by atoms with van der Waals surface area (Å²) in [6.45, 7) is 1.41. The van der Waals surface area contributed by atoms with Gasteiger partial charge in [-0.3, -0.25) is 4.90 Å². The second-order valence-corrected chi connectivity index (χ2v) is 4.53. The maximum absolute atomic E-state index is 6.14. The maximum Gasteiger partial charge on any atom is 0.126 e. The Kier molecular flexibility index (Phi) is 4.23. The minimum absolute atomic E-state index is 0.676. The number of hydrogen-bond acceptors (Lipinski definition) is 4. The summed E-state index contributed by atoms with van der Waals surface area (Å²) in [6.07, 6.45) is 1.68. The highest BCUT2D eigenvalue weighted by atomic mass is 35.5. The molecule has 0 radical (unpaired) electrons. The summed E-state index contributed by atoms with van der Waals surface area (Å²) in [5.74, 6) is 1.75. The van der Waals surface area contributed by atoms with E-state index in [1.54, 1.807) is 6.26 Å². The highest BCUT2D eigenvalue weighted by molar-refractivity contribution is 6.31. The van der Waals surface area contributed by atoms with Crippen molar-refractivity contribution in [3.8, 4) is 0 Å². The third-order valence-electron chi connectivity index (χ3n) is 2.60. The van der Waals surface area contributed by atoms with Crippen LogP contribution in [0, 0.1) is 0 Å². The van der Waals surface area contributed by atoms with E-state index in [2.05, 4.69) is 15.2 Å². The van der Waals surface area contributed by atoms with Gasteiger partial charge in [-0.1, -0.05) is 11.6 Å². The number of nitrogens with zero attached hydrogens (tertiary/aromatic N) is 2. The number of rotatable bonds is 5. The molecule has 0 amide bonds. The van der Waals surface area contributed by atoms with Gasteiger partial charge in [0.15, 0.2) is 0 Å². The first-order chi connectivity index (χ1) is 8.69. The Bertz CT molecular complexity index is 499. The van der Waals surface area contributed by atoms with Crippen molar-refractivity contribution in [1.29, 1.82) is 0 Å². The zero-order valence-corrected chi connectivity index (χ0v) is 11.2. The van der Waals surface area contributed by atoms with E-state index in [-0.39, 0.29) is 0 Å². The van der Waals surface area contributed by atoms with Crippen molar-refractivity contribution >= 4 is 17.4 Å². The first-order valence-electron chi connectivity index (χ1n) is 5.73. The van der Waals surface area contributed by atoms with Gasteiger partial charge >= 0.3 is 0 Å². The SMILES string of the molecule is CNc1ccc(Cl)c(CN(C)Cc2ccco2)n1. The molecule has 0 saturated carbocycles. The van der Waals surface area contributed by atoms with Crippen LogP contribution in [0.5, 0.6) is 0 Å². The molecule has 0 aliphatic heterocycles. The predicted octanol–water partition coefficient (Wildman–Crippen LogP) is 3.00. The van der Waals surface area contributed by atoms with E-state index in [1.807, 2.05) is 38.4 Å². The van der Waals surface area contributed by atoms with Crippen LogP contribution in [0.1, 0.15) is 11.5 Å². The number of hydrogen-bond donors (Lipinski definition) is 1. The third kappa shape index (κ3) is 3.24. The van der Waals surface area contributed by atoms with Crippen molar-refractivity contribution in [3.05, 3.63) is 47.0 Å². The molecule has 0 bridgehead atoms. The van der Waals surface area contributed by atoms with Gasteiger partial charge in [-0.25, -0.2) is 4.98 Å². The third-order valence-corrected chi connectivity index (χ3v) is 2.94. The Morgan fingerprint density at radius 2 is 2.17 bits per heavy atom. The largest absolute Gasteiger partial charge is 0.468 e. The van der Waals surface area contributed by atoms with Crippen LogP contribution >= 0.6 is 11.6 Å². The van der Waals surface area contributed by atoms with Crippen molar-refractivity contribution in [1.82, 2.24) is 9.88 Å². The maximum atomic E-state index is 6.14. The molecule has 0 unspecified atom stereocenters. The van der Waals surface area contributed by atoms with Crippen LogP contribution in [0.3, 0.4) is 0 Å². The van der Waals surface area contributed by atoms with Crippen molar-refractivity contribution < 1.29 is 4.42 Å². The van der Waals surface area contributed by atoms with Gasteiger partial charge in [0.25, 0.3) is 0 Å². The zero-order chi connectivity index (χ0) is 13.0. The van der Waals surface area contributed by atoms with Crippen LogP contribution in [-0.4, -0.2) is 24.0 Å². The molecule has 2 aromatic heterocycles. The lowest BCUT2D eigenvalue weighted by Crippen LogP contribution is -2.18. The number of pyridine rings is 1. The molecule has 0 atom stereocenters. The first kappa shape index (κ1) is 12.9. The lowest BCUT2D eigenvalue weighted by atomic mass is 10.3. The molecule has 0 spiro atoms. The second-order valence-electron chi connectivity index (χ2n) is 4.13. The van der Waals surface area contributed by atoms with Crippen LogP contribution in [0.4, 0.5) is 5.82 Å². The van der Waals surface area contributed by atoms with Gasteiger partial charge in [-0.15, -0.1) is 0 Å². The molecule has 5 heteroatoms. The summed E-state index contributed by atoms with van der Waals surface area (Å²) in [6, 6.07) is 7.56. The van der Waals surface area contributed by atoms with Crippen LogP contribution in [0.2, 0.25) is 5.02 Å². The van der Waals surface area contributed by atoms with Gasteiger partial charge in [0.1, 0.15) is 11.6 Å². The van der Waals surface area contributed by atoms with Crippen molar-refractivity contribution in [2.45, 2.75) is 13.1 Å². The van der Waals surface area contributed by atoms with E-state index in [9.17, 15) is 0 Å². The molecule has 2 rings (SSSR count). The summed E-state index contributed by atoms with van der Waals surface area (Å²) in [4.78, 5) is 6.55. The smallest absolute Gasteiger partial charge is 0.126 e. The van der Waals surface area contributed by atoms with Gasteiger partial charge in [-0.05, 0) is 31.3 Å². The average Bonchev–Trinajstić information content (AvgIpc) is 2.84. The number of aromatic nitrogens is 1. The summed E-state index contributed by atoms with van der Waals surface area (Å²) < 4.78 is 5.31. The fourth-order valence-electron chi connectivity index (χ4n) is 1.71. The zero-order valence-electron chi connectivity index (χ0n) is 10.5. The highest BCUT2D eigenvalue weighted by Crippen LogP contribution is 2.18. The van der Waals surface area contributed by atoms with Crippen LogP contribution < -0.4 is 5.32 Å². The summed E-state index contributed by atoms with van der Waals surface area (Å²) >= 11 is 6.14. The van der Waals surface area contributed by atoms with Gasteiger partial charge in [0.2, 0.25) is 0 Å². The standard InChI is InChI=1S/C13H16ClN3O/c1-15-13-6-5-11(14)12(16-13)9-17(2)8-10-4-3-7-18-10/h3-7H,8-9H2,1-2H3,(H,15,16). The Morgan fingerprint density at radius 3 is 2.83 bits per heavy atom. The number of furan rings is 1. The molecular formula is C13H16ClN3O. The van der Waals surface area contributed by atoms with Crippen molar-refractivity contribution in [3.63, 3.8) is 0 Å². The lowest BCUT2D eigenvalue weighted by Gasteiger charge is -2.16. The van der Waals surface area contributed by atoms with Gasteiger partial charge < -0.3 is 9.73 Å². The Morgan fingerprint density at radius 1 is 1.33 bits per heavy atom. The van der Waals surface area contributed by atoms with E-state index in [4.69, 9.17) is 16.0 Å². The Hall–Kier alpha value is -1.52.